The monoisotopic (exact) mass is 355 g/mol. The van der Waals surface area contributed by atoms with Crippen LogP contribution in [0.25, 0.3) is 0 Å². The lowest BCUT2D eigenvalue weighted by Gasteiger charge is -2.18. The molecule has 2 aliphatic rings. The number of hydrogen-bond acceptors (Lipinski definition) is 7. The van der Waals surface area contributed by atoms with Crippen LogP contribution in [0.3, 0.4) is 0 Å². The van der Waals surface area contributed by atoms with Crippen LogP contribution in [0.15, 0.2) is 18.2 Å². The molecule has 0 unspecified atom stereocenters. The highest BCUT2D eigenvalue weighted by Crippen LogP contribution is 2.30. The van der Waals surface area contributed by atoms with E-state index in [0.717, 1.165) is 0 Å². The lowest BCUT2D eigenvalue weighted by Crippen LogP contribution is -2.38. The Morgan fingerprint density at radius 1 is 1.21 bits per heavy atom. The fourth-order valence-electron chi connectivity index (χ4n) is 2.56. The minimum absolute atomic E-state index is 0.0644. The van der Waals surface area contributed by atoms with Gasteiger partial charge in [-0.05, 0) is 24.6 Å². The molecular formula is C15H17NO7S. The van der Waals surface area contributed by atoms with E-state index >= 15 is 0 Å². The lowest BCUT2D eigenvalue weighted by molar-refractivity contribution is -0.124. The van der Waals surface area contributed by atoms with Gasteiger partial charge in [0.1, 0.15) is 13.2 Å². The average Bonchev–Trinajstić information content (AvgIpc) is 2.90. The first-order chi connectivity index (χ1) is 11.4. The number of amides is 1. The SMILES string of the molecule is O=C(COC(=O)c1ccc2c(c1)OCCO2)N[C@@H]1CCS(=O)(=O)C1. The largest absolute Gasteiger partial charge is 0.486 e. The number of benzene rings is 1. The third-order valence-electron chi connectivity index (χ3n) is 3.71. The zero-order chi connectivity index (χ0) is 17.2. The Balaban J connectivity index is 1.51. The second-order valence-corrected chi connectivity index (χ2v) is 7.83. The van der Waals surface area contributed by atoms with Crippen LogP contribution >= 0.6 is 0 Å². The zero-order valence-corrected chi connectivity index (χ0v) is 13.6. The molecule has 1 amide bonds. The summed E-state index contributed by atoms with van der Waals surface area (Å²) < 4.78 is 38.3. The van der Waals surface area contributed by atoms with Crippen LogP contribution in [0, 0.1) is 0 Å². The number of hydrogen-bond donors (Lipinski definition) is 1. The van der Waals surface area contributed by atoms with Gasteiger partial charge in [0, 0.05) is 6.04 Å². The molecule has 1 aromatic carbocycles. The van der Waals surface area contributed by atoms with E-state index in [2.05, 4.69) is 5.32 Å². The highest BCUT2D eigenvalue weighted by atomic mass is 32.2. The minimum Gasteiger partial charge on any atom is -0.486 e. The Hall–Kier alpha value is -2.29. The number of carbonyl (C=O) groups is 2. The number of nitrogens with one attached hydrogen (secondary N) is 1. The highest BCUT2D eigenvalue weighted by molar-refractivity contribution is 7.91. The van der Waals surface area contributed by atoms with Crippen molar-refractivity contribution in [3.05, 3.63) is 23.8 Å². The van der Waals surface area contributed by atoms with Crippen molar-refractivity contribution in [2.75, 3.05) is 31.3 Å². The van der Waals surface area contributed by atoms with Crippen molar-refractivity contribution in [2.45, 2.75) is 12.5 Å². The Morgan fingerprint density at radius 3 is 2.67 bits per heavy atom. The molecule has 1 saturated heterocycles. The number of esters is 1. The smallest absolute Gasteiger partial charge is 0.338 e. The molecule has 1 N–H and O–H groups in total. The van der Waals surface area contributed by atoms with Crippen LogP contribution < -0.4 is 14.8 Å². The van der Waals surface area contributed by atoms with E-state index in [4.69, 9.17) is 14.2 Å². The Bertz CT molecular complexity index is 759. The van der Waals surface area contributed by atoms with E-state index in [1.807, 2.05) is 0 Å². The normalized spacial score (nSPS) is 21.1. The van der Waals surface area contributed by atoms with E-state index in [-0.39, 0.29) is 17.1 Å². The summed E-state index contributed by atoms with van der Waals surface area (Å²) in [5, 5.41) is 2.55. The third kappa shape index (κ3) is 3.97. The quantitative estimate of drug-likeness (QED) is 0.753. The van der Waals surface area contributed by atoms with Crippen LogP contribution in [0.1, 0.15) is 16.8 Å². The van der Waals surface area contributed by atoms with Gasteiger partial charge < -0.3 is 19.5 Å². The predicted molar refractivity (Wildman–Crippen MR) is 82.9 cm³/mol. The number of rotatable bonds is 4. The minimum atomic E-state index is -3.07. The molecule has 0 aliphatic carbocycles. The van der Waals surface area contributed by atoms with Crippen molar-refractivity contribution < 1.29 is 32.2 Å². The topological polar surface area (TPSA) is 108 Å². The molecule has 0 spiro atoms. The Kier molecular flexibility index (Phi) is 4.61. The number of sulfone groups is 1. The van der Waals surface area contributed by atoms with Crippen molar-refractivity contribution in [1.29, 1.82) is 0 Å². The summed E-state index contributed by atoms with van der Waals surface area (Å²) >= 11 is 0. The summed E-state index contributed by atoms with van der Waals surface area (Å²) in [5.41, 5.74) is 0.246. The number of carbonyl (C=O) groups excluding carboxylic acids is 2. The molecule has 0 aromatic heterocycles. The predicted octanol–water partition coefficient (Wildman–Crippen LogP) is -0.0821. The summed E-state index contributed by atoms with van der Waals surface area (Å²) in [6.45, 7) is 0.385. The molecular weight excluding hydrogens is 338 g/mol. The molecule has 3 rings (SSSR count). The maximum atomic E-state index is 12.0. The van der Waals surface area contributed by atoms with Crippen molar-refractivity contribution in [2.24, 2.45) is 0 Å². The van der Waals surface area contributed by atoms with Crippen LogP contribution in [-0.2, 0) is 19.4 Å². The molecule has 1 atom stereocenters. The van der Waals surface area contributed by atoms with Gasteiger partial charge >= 0.3 is 5.97 Å². The van der Waals surface area contributed by atoms with Crippen molar-refractivity contribution in [3.63, 3.8) is 0 Å². The number of fused-ring (bicyclic) bond motifs is 1. The van der Waals surface area contributed by atoms with Crippen LogP contribution in [-0.4, -0.2) is 57.7 Å². The lowest BCUT2D eigenvalue weighted by atomic mass is 10.2. The third-order valence-corrected chi connectivity index (χ3v) is 5.48. The van der Waals surface area contributed by atoms with Crippen LogP contribution in [0.5, 0.6) is 11.5 Å². The second kappa shape index (κ2) is 6.68. The first-order valence-electron chi connectivity index (χ1n) is 7.49. The van der Waals surface area contributed by atoms with Gasteiger partial charge in [-0.3, -0.25) is 4.79 Å². The van der Waals surface area contributed by atoms with E-state index in [1.165, 1.54) is 12.1 Å². The van der Waals surface area contributed by atoms with Crippen molar-refractivity contribution in [1.82, 2.24) is 5.32 Å². The molecule has 8 nitrogen and oxygen atoms in total. The standard InChI is InChI=1S/C15H17NO7S/c17-14(16-11-3-6-24(19,20)9-11)8-23-15(18)10-1-2-12-13(7-10)22-5-4-21-12/h1-2,7,11H,3-6,8-9H2,(H,16,17)/t11-/m1/s1. The number of ether oxygens (including phenoxy) is 3. The van der Waals surface area contributed by atoms with Crippen LogP contribution in [0.2, 0.25) is 0 Å². The van der Waals surface area contributed by atoms with Gasteiger partial charge in [-0.15, -0.1) is 0 Å². The van der Waals surface area contributed by atoms with Gasteiger partial charge in [-0.2, -0.15) is 0 Å². The van der Waals surface area contributed by atoms with Gasteiger partial charge in [0.15, 0.2) is 27.9 Å². The van der Waals surface area contributed by atoms with Gasteiger partial charge in [-0.25, -0.2) is 13.2 Å². The molecule has 1 aromatic rings. The van der Waals surface area contributed by atoms with E-state index in [1.54, 1.807) is 6.07 Å². The zero-order valence-electron chi connectivity index (χ0n) is 12.8. The molecule has 1 fully saturated rings. The molecule has 0 radical (unpaired) electrons. The summed E-state index contributed by atoms with van der Waals surface area (Å²) in [6.07, 6.45) is 0.379. The Morgan fingerprint density at radius 2 is 1.96 bits per heavy atom. The summed E-state index contributed by atoms with van der Waals surface area (Å²) in [4.78, 5) is 23.7. The first kappa shape index (κ1) is 16.6. The fourth-order valence-corrected chi connectivity index (χ4v) is 4.24. The molecule has 0 bridgehead atoms. The maximum Gasteiger partial charge on any atom is 0.338 e. The van der Waals surface area contributed by atoms with Gasteiger partial charge in [0.25, 0.3) is 5.91 Å². The van der Waals surface area contributed by atoms with Crippen molar-refractivity contribution in [3.8, 4) is 11.5 Å². The van der Waals surface area contributed by atoms with Gasteiger partial charge in [0.05, 0.1) is 17.1 Å². The molecule has 0 saturated carbocycles. The van der Waals surface area contributed by atoms with E-state index in [9.17, 15) is 18.0 Å². The van der Waals surface area contributed by atoms with Crippen LogP contribution in [0.4, 0.5) is 0 Å². The maximum absolute atomic E-state index is 12.0. The van der Waals surface area contributed by atoms with Crippen molar-refractivity contribution >= 4 is 21.7 Å². The first-order valence-corrected chi connectivity index (χ1v) is 9.32. The molecule has 2 aliphatic heterocycles. The average molecular weight is 355 g/mol. The van der Waals surface area contributed by atoms with E-state index in [0.29, 0.717) is 31.1 Å². The Labute approximate surface area is 139 Å². The summed E-state index contributed by atoms with van der Waals surface area (Å²) in [7, 11) is -3.07. The fraction of sp³-hybridized carbons (Fsp3) is 0.467. The molecule has 24 heavy (non-hydrogen) atoms. The van der Waals surface area contributed by atoms with Gasteiger partial charge in [-0.1, -0.05) is 0 Å². The summed E-state index contributed by atoms with van der Waals surface area (Å²) in [5.74, 6) is -0.192. The highest BCUT2D eigenvalue weighted by Gasteiger charge is 2.29. The molecule has 130 valence electrons. The summed E-state index contributed by atoms with van der Waals surface area (Å²) in [6, 6.07) is 4.21. The molecule has 2 heterocycles. The second-order valence-electron chi connectivity index (χ2n) is 5.60. The molecule has 9 heteroatoms. The van der Waals surface area contributed by atoms with E-state index < -0.39 is 34.4 Å². The van der Waals surface area contributed by atoms with Gasteiger partial charge in [0.2, 0.25) is 0 Å².